The molecule has 12 heavy (non-hydrogen) atoms. The molecule has 0 heterocycles. The topological polar surface area (TPSA) is 21.7 Å². The van der Waals surface area contributed by atoms with Crippen LogP contribution < -0.4 is 0 Å². The number of nitrogens with zero attached hydrogens (tertiary/aromatic N) is 1. The molecule has 0 bridgehead atoms. The van der Waals surface area contributed by atoms with E-state index in [4.69, 9.17) is 9.47 Å². The average molecular weight is 175 g/mol. The van der Waals surface area contributed by atoms with Crippen LogP contribution >= 0.6 is 0 Å². The van der Waals surface area contributed by atoms with Crippen molar-refractivity contribution in [3.05, 3.63) is 0 Å². The summed E-state index contributed by atoms with van der Waals surface area (Å²) in [4.78, 5) is 2.21. The SMILES string of the molecule is COC(CN(C)CC(C)C)OC. The van der Waals surface area contributed by atoms with E-state index in [2.05, 4.69) is 25.8 Å². The fourth-order valence-electron chi connectivity index (χ4n) is 1.20. The van der Waals surface area contributed by atoms with Crippen LogP contribution in [0.1, 0.15) is 13.8 Å². The smallest absolute Gasteiger partial charge is 0.169 e. The van der Waals surface area contributed by atoms with Gasteiger partial charge in [0.2, 0.25) is 0 Å². The van der Waals surface area contributed by atoms with Crippen molar-refractivity contribution in [2.45, 2.75) is 20.1 Å². The molecule has 3 nitrogen and oxygen atoms in total. The molecule has 0 fully saturated rings. The summed E-state index contributed by atoms with van der Waals surface area (Å²) < 4.78 is 10.2. The van der Waals surface area contributed by atoms with Gasteiger partial charge in [-0.25, -0.2) is 0 Å². The number of ether oxygens (including phenoxy) is 2. The van der Waals surface area contributed by atoms with E-state index < -0.39 is 0 Å². The van der Waals surface area contributed by atoms with Crippen LogP contribution in [0.4, 0.5) is 0 Å². The van der Waals surface area contributed by atoms with Gasteiger partial charge in [-0.3, -0.25) is 0 Å². The molecule has 0 rings (SSSR count). The third-order valence-electron chi connectivity index (χ3n) is 1.66. The van der Waals surface area contributed by atoms with Gasteiger partial charge in [0.05, 0.1) is 0 Å². The van der Waals surface area contributed by atoms with Gasteiger partial charge in [-0.1, -0.05) is 13.8 Å². The van der Waals surface area contributed by atoms with Gasteiger partial charge in [0.1, 0.15) is 0 Å². The highest BCUT2D eigenvalue weighted by molar-refractivity contribution is 4.56. The second-order valence-corrected chi connectivity index (χ2v) is 3.52. The summed E-state index contributed by atoms with van der Waals surface area (Å²) >= 11 is 0. The Labute approximate surface area is 75.6 Å². The van der Waals surface area contributed by atoms with Crippen LogP contribution in [-0.4, -0.2) is 45.5 Å². The normalized spacial score (nSPS) is 12.0. The lowest BCUT2D eigenvalue weighted by Gasteiger charge is -2.23. The van der Waals surface area contributed by atoms with Crippen molar-refractivity contribution in [2.75, 3.05) is 34.4 Å². The van der Waals surface area contributed by atoms with Crippen molar-refractivity contribution in [3.63, 3.8) is 0 Å². The number of likely N-dealkylation sites (N-methyl/N-ethyl adjacent to an activating group) is 1. The summed E-state index contributed by atoms with van der Waals surface area (Å²) in [6.07, 6.45) is -0.103. The molecule has 0 aromatic rings. The Morgan fingerprint density at radius 2 is 1.58 bits per heavy atom. The van der Waals surface area contributed by atoms with Crippen LogP contribution in [0, 0.1) is 5.92 Å². The molecule has 0 radical (unpaired) electrons. The maximum atomic E-state index is 5.09. The van der Waals surface area contributed by atoms with Gasteiger partial charge in [-0.2, -0.15) is 0 Å². The Morgan fingerprint density at radius 3 is 1.92 bits per heavy atom. The fraction of sp³-hybridized carbons (Fsp3) is 1.00. The van der Waals surface area contributed by atoms with E-state index in [1.54, 1.807) is 14.2 Å². The molecule has 0 aromatic heterocycles. The summed E-state index contributed by atoms with van der Waals surface area (Å²) in [5.41, 5.74) is 0. The number of methoxy groups -OCH3 is 2. The maximum absolute atomic E-state index is 5.09. The molecule has 0 aliphatic carbocycles. The Hall–Kier alpha value is -0.120. The predicted molar refractivity (Wildman–Crippen MR) is 50.1 cm³/mol. The van der Waals surface area contributed by atoms with E-state index in [1.807, 2.05) is 0 Å². The van der Waals surface area contributed by atoms with E-state index in [1.165, 1.54) is 0 Å². The lowest BCUT2D eigenvalue weighted by atomic mass is 10.2. The highest BCUT2D eigenvalue weighted by Gasteiger charge is 2.09. The highest BCUT2D eigenvalue weighted by Crippen LogP contribution is 1.99. The lowest BCUT2D eigenvalue weighted by Crippen LogP contribution is -2.33. The Kier molecular flexibility index (Phi) is 6.34. The van der Waals surface area contributed by atoms with Gasteiger partial charge in [-0.15, -0.1) is 0 Å². The van der Waals surface area contributed by atoms with Crippen LogP contribution in [0.25, 0.3) is 0 Å². The molecule has 0 aromatic carbocycles. The van der Waals surface area contributed by atoms with Gasteiger partial charge in [-0.05, 0) is 13.0 Å². The first-order valence-corrected chi connectivity index (χ1v) is 4.34. The molecule has 3 heteroatoms. The van der Waals surface area contributed by atoms with Crippen LogP contribution in [0.3, 0.4) is 0 Å². The van der Waals surface area contributed by atoms with Crippen LogP contribution in [0.2, 0.25) is 0 Å². The summed E-state index contributed by atoms with van der Waals surface area (Å²) in [6.45, 7) is 6.30. The van der Waals surface area contributed by atoms with Crippen molar-refractivity contribution < 1.29 is 9.47 Å². The van der Waals surface area contributed by atoms with Crippen LogP contribution in [-0.2, 0) is 9.47 Å². The summed E-state index contributed by atoms with van der Waals surface area (Å²) in [5, 5.41) is 0. The minimum Gasteiger partial charge on any atom is -0.355 e. The molecule has 0 aliphatic heterocycles. The average Bonchev–Trinajstić information content (AvgIpc) is 1.98. The summed E-state index contributed by atoms with van der Waals surface area (Å²) in [5.74, 6) is 0.685. The summed E-state index contributed by atoms with van der Waals surface area (Å²) in [6, 6.07) is 0. The molecule has 0 saturated heterocycles. The van der Waals surface area contributed by atoms with Crippen LogP contribution in [0.5, 0.6) is 0 Å². The van der Waals surface area contributed by atoms with Gasteiger partial charge in [0, 0.05) is 27.3 Å². The van der Waals surface area contributed by atoms with Crippen molar-refractivity contribution in [1.29, 1.82) is 0 Å². The molecule has 0 atom stereocenters. The molecule has 0 aliphatic rings. The molecular weight excluding hydrogens is 154 g/mol. The van der Waals surface area contributed by atoms with Crippen molar-refractivity contribution in [3.8, 4) is 0 Å². The first-order chi connectivity index (χ1) is 5.60. The largest absolute Gasteiger partial charge is 0.355 e. The third kappa shape index (κ3) is 5.52. The zero-order valence-electron chi connectivity index (χ0n) is 8.83. The first-order valence-electron chi connectivity index (χ1n) is 4.34. The van der Waals surface area contributed by atoms with Gasteiger partial charge >= 0.3 is 0 Å². The van der Waals surface area contributed by atoms with Gasteiger partial charge in [0.25, 0.3) is 0 Å². The van der Waals surface area contributed by atoms with E-state index in [-0.39, 0.29) is 6.29 Å². The number of hydrogen-bond acceptors (Lipinski definition) is 3. The minimum absolute atomic E-state index is 0.103. The maximum Gasteiger partial charge on any atom is 0.169 e. The van der Waals surface area contributed by atoms with E-state index in [0.29, 0.717) is 5.92 Å². The first kappa shape index (κ1) is 11.9. The lowest BCUT2D eigenvalue weighted by molar-refractivity contribution is -0.114. The van der Waals surface area contributed by atoms with E-state index in [9.17, 15) is 0 Å². The molecular formula is C9H21NO2. The quantitative estimate of drug-likeness (QED) is 0.566. The molecule has 74 valence electrons. The van der Waals surface area contributed by atoms with Gasteiger partial charge in [0.15, 0.2) is 6.29 Å². The number of rotatable bonds is 6. The monoisotopic (exact) mass is 175 g/mol. The number of hydrogen-bond donors (Lipinski definition) is 0. The van der Waals surface area contributed by atoms with Crippen molar-refractivity contribution >= 4 is 0 Å². The molecule has 0 spiro atoms. The van der Waals surface area contributed by atoms with Crippen molar-refractivity contribution in [1.82, 2.24) is 4.90 Å². The third-order valence-corrected chi connectivity index (χ3v) is 1.66. The van der Waals surface area contributed by atoms with Crippen molar-refractivity contribution in [2.24, 2.45) is 5.92 Å². The highest BCUT2D eigenvalue weighted by atomic mass is 16.7. The molecule has 0 unspecified atom stereocenters. The Morgan fingerprint density at radius 1 is 1.08 bits per heavy atom. The molecule has 0 saturated carbocycles. The van der Waals surface area contributed by atoms with E-state index >= 15 is 0 Å². The molecule has 0 N–H and O–H groups in total. The predicted octanol–water partition coefficient (Wildman–Crippen LogP) is 1.19. The minimum atomic E-state index is -0.103. The molecule has 0 amide bonds. The van der Waals surface area contributed by atoms with E-state index in [0.717, 1.165) is 13.1 Å². The zero-order valence-corrected chi connectivity index (χ0v) is 8.83. The standard InChI is InChI=1S/C9H21NO2/c1-8(2)6-10(3)7-9(11-4)12-5/h8-9H,6-7H2,1-5H3. The van der Waals surface area contributed by atoms with Crippen LogP contribution in [0.15, 0.2) is 0 Å². The fourth-order valence-corrected chi connectivity index (χ4v) is 1.20. The zero-order chi connectivity index (χ0) is 9.56. The Bertz CT molecular complexity index is 103. The van der Waals surface area contributed by atoms with Gasteiger partial charge < -0.3 is 14.4 Å². The second kappa shape index (κ2) is 6.40. The second-order valence-electron chi connectivity index (χ2n) is 3.52. The Balaban J connectivity index is 3.58. The summed E-state index contributed by atoms with van der Waals surface area (Å²) in [7, 11) is 5.40.